The molecule has 1 aromatic rings. The maximum atomic E-state index is 9.11. The number of halogens is 1. The van der Waals surface area contributed by atoms with E-state index < -0.39 is 0 Å². The van der Waals surface area contributed by atoms with Crippen molar-refractivity contribution in [3.63, 3.8) is 0 Å². The van der Waals surface area contributed by atoms with Crippen molar-refractivity contribution >= 4 is 17.8 Å². The van der Waals surface area contributed by atoms with Gasteiger partial charge in [-0.15, -0.1) is 0 Å². The molecule has 0 aliphatic heterocycles. The lowest BCUT2D eigenvalue weighted by Gasteiger charge is -1.96. The van der Waals surface area contributed by atoms with Gasteiger partial charge in [0.1, 0.15) is 5.75 Å². The first-order valence-electron chi connectivity index (χ1n) is 2.90. The van der Waals surface area contributed by atoms with Crippen molar-refractivity contribution in [1.82, 2.24) is 0 Å². The molecule has 0 spiro atoms. The summed E-state index contributed by atoms with van der Waals surface area (Å²) in [4.78, 5) is 0. The fourth-order valence-electron chi connectivity index (χ4n) is 0.691. The molecule has 0 atom stereocenters. The Morgan fingerprint density at radius 3 is 2.82 bits per heavy atom. The van der Waals surface area contributed by atoms with Crippen molar-refractivity contribution in [2.45, 2.75) is 0 Å². The number of phenolic OH excluding ortho intramolecular Hbond substituents is 1. The van der Waals surface area contributed by atoms with Crippen LogP contribution < -0.4 is 0 Å². The SMILES string of the molecule is ON=Cc1cc(Cl)ccc1O. The zero-order chi connectivity index (χ0) is 8.27. The standard InChI is InChI=1S/C7H6ClNO2/c8-6-1-2-7(10)5(3-6)4-9-11/h1-4,10-11H. The molecule has 0 saturated heterocycles. The molecule has 0 fully saturated rings. The minimum Gasteiger partial charge on any atom is -0.507 e. The largest absolute Gasteiger partial charge is 0.507 e. The van der Waals surface area contributed by atoms with Gasteiger partial charge in [0.25, 0.3) is 0 Å². The van der Waals surface area contributed by atoms with E-state index in [9.17, 15) is 0 Å². The Morgan fingerprint density at radius 2 is 2.18 bits per heavy atom. The normalized spacial score (nSPS) is 10.6. The zero-order valence-electron chi connectivity index (χ0n) is 5.53. The van der Waals surface area contributed by atoms with Crippen LogP contribution in [0.15, 0.2) is 23.4 Å². The van der Waals surface area contributed by atoms with Crippen molar-refractivity contribution in [2.75, 3.05) is 0 Å². The molecule has 0 aliphatic rings. The van der Waals surface area contributed by atoms with Gasteiger partial charge in [-0.25, -0.2) is 0 Å². The van der Waals surface area contributed by atoms with E-state index in [0.717, 1.165) is 6.21 Å². The number of nitrogens with zero attached hydrogens (tertiary/aromatic N) is 1. The van der Waals surface area contributed by atoms with E-state index in [1.807, 2.05) is 0 Å². The molecule has 0 heterocycles. The highest BCUT2D eigenvalue weighted by Gasteiger charge is 1.97. The second-order valence-electron chi connectivity index (χ2n) is 1.95. The fourth-order valence-corrected chi connectivity index (χ4v) is 0.872. The van der Waals surface area contributed by atoms with Crippen molar-refractivity contribution in [3.8, 4) is 5.75 Å². The summed E-state index contributed by atoms with van der Waals surface area (Å²) in [5.41, 5.74) is 0.389. The molecule has 11 heavy (non-hydrogen) atoms. The Bertz CT molecular complexity index is 286. The van der Waals surface area contributed by atoms with Gasteiger partial charge < -0.3 is 10.3 Å². The first kappa shape index (κ1) is 7.88. The number of rotatable bonds is 1. The number of benzene rings is 1. The molecular formula is C7H6ClNO2. The lowest BCUT2D eigenvalue weighted by molar-refractivity contribution is 0.321. The molecule has 4 heteroatoms. The zero-order valence-corrected chi connectivity index (χ0v) is 6.28. The van der Waals surface area contributed by atoms with Crippen molar-refractivity contribution < 1.29 is 10.3 Å². The van der Waals surface area contributed by atoms with Crippen molar-refractivity contribution in [3.05, 3.63) is 28.8 Å². The predicted molar refractivity (Wildman–Crippen MR) is 42.5 cm³/mol. The second-order valence-corrected chi connectivity index (χ2v) is 2.38. The van der Waals surface area contributed by atoms with Crippen LogP contribution in [0.1, 0.15) is 5.56 Å². The third kappa shape index (κ3) is 1.85. The summed E-state index contributed by atoms with van der Waals surface area (Å²) in [5, 5.41) is 20.5. The summed E-state index contributed by atoms with van der Waals surface area (Å²) in [6.07, 6.45) is 1.11. The monoisotopic (exact) mass is 171 g/mol. The van der Waals surface area contributed by atoms with E-state index in [1.165, 1.54) is 12.1 Å². The van der Waals surface area contributed by atoms with E-state index in [1.54, 1.807) is 6.07 Å². The Hall–Kier alpha value is -1.22. The molecule has 0 aliphatic carbocycles. The summed E-state index contributed by atoms with van der Waals surface area (Å²) < 4.78 is 0. The Balaban J connectivity index is 3.12. The molecule has 0 saturated carbocycles. The third-order valence-corrected chi connectivity index (χ3v) is 1.42. The van der Waals surface area contributed by atoms with E-state index in [0.29, 0.717) is 10.6 Å². The van der Waals surface area contributed by atoms with Crippen LogP contribution in [-0.4, -0.2) is 16.5 Å². The average molecular weight is 172 g/mol. The highest BCUT2D eigenvalue weighted by atomic mass is 35.5. The molecule has 3 nitrogen and oxygen atoms in total. The summed E-state index contributed by atoms with van der Waals surface area (Å²) >= 11 is 5.60. The van der Waals surface area contributed by atoms with Crippen LogP contribution in [0, 0.1) is 0 Å². The first-order valence-corrected chi connectivity index (χ1v) is 3.28. The molecule has 0 aromatic heterocycles. The van der Waals surface area contributed by atoms with Gasteiger partial charge in [-0.05, 0) is 18.2 Å². The second kappa shape index (κ2) is 3.25. The van der Waals surface area contributed by atoms with Gasteiger partial charge in [0.15, 0.2) is 0 Å². The molecule has 1 rings (SSSR count). The number of hydrogen-bond acceptors (Lipinski definition) is 3. The summed E-state index contributed by atoms with van der Waals surface area (Å²) in [6.45, 7) is 0. The topological polar surface area (TPSA) is 52.8 Å². The highest BCUT2D eigenvalue weighted by Crippen LogP contribution is 2.19. The number of oxime groups is 1. The molecular weight excluding hydrogens is 166 g/mol. The minimum absolute atomic E-state index is 0.0344. The molecule has 0 radical (unpaired) electrons. The lowest BCUT2D eigenvalue weighted by Crippen LogP contribution is -1.81. The minimum atomic E-state index is 0.0344. The van der Waals surface area contributed by atoms with Gasteiger partial charge >= 0.3 is 0 Å². The van der Waals surface area contributed by atoms with E-state index in [2.05, 4.69) is 5.16 Å². The molecule has 0 bridgehead atoms. The van der Waals surface area contributed by atoms with Gasteiger partial charge in [0.2, 0.25) is 0 Å². The van der Waals surface area contributed by atoms with Gasteiger partial charge in [-0.2, -0.15) is 0 Å². The van der Waals surface area contributed by atoms with E-state index >= 15 is 0 Å². The summed E-state index contributed by atoms with van der Waals surface area (Å²) in [5.74, 6) is 0.0344. The quantitative estimate of drug-likeness (QED) is 0.385. The van der Waals surface area contributed by atoms with Crippen LogP contribution in [0.3, 0.4) is 0 Å². The molecule has 0 amide bonds. The Labute approximate surface area is 68.5 Å². The van der Waals surface area contributed by atoms with Gasteiger partial charge in [0, 0.05) is 10.6 Å². The summed E-state index contributed by atoms with van der Waals surface area (Å²) in [7, 11) is 0. The third-order valence-electron chi connectivity index (χ3n) is 1.19. The van der Waals surface area contributed by atoms with Crippen molar-refractivity contribution in [1.29, 1.82) is 0 Å². The van der Waals surface area contributed by atoms with Gasteiger partial charge in [-0.3, -0.25) is 0 Å². The first-order chi connectivity index (χ1) is 5.24. The number of aromatic hydroxyl groups is 1. The van der Waals surface area contributed by atoms with Crippen LogP contribution in [0.5, 0.6) is 5.75 Å². The van der Waals surface area contributed by atoms with Gasteiger partial charge in [0.05, 0.1) is 6.21 Å². The lowest BCUT2D eigenvalue weighted by atomic mass is 10.2. The van der Waals surface area contributed by atoms with Crippen LogP contribution in [0.4, 0.5) is 0 Å². The Kier molecular flexibility index (Phi) is 2.33. The highest BCUT2D eigenvalue weighted by molar-refractivity contribution is 6.30. The van der Waals surface area contributed by atoms with Crippen LogP contribution >= 0.6 is 11.6 Å². The molecule has 2 N–H and O–H groups in total. The Morgan fingerprint density at radius 1 is 1.45 bits per heavy atom. The van der Waals surface area contributed by atoms with E-state index in [-0.39, 0.29) is 5.75 Å². The smallest absolute Gasteiger partial charge is 0.124 e. The summed E-state index contributed by atoms with van der Waals surface area (Å²) in [6, 6.07) is 4.47. The van der Waals surface area contributed by atoms with Crippen LogP contribution in [-0.2, 0) is 0 Å². The average Bonchev–Trinajstić information content (AvgIpc) is 1.98. The number of phenols is 1. The maximum absolute atomic E-state index is 9.11. The molecule has 58 valence electrons. The fraction of sp³-hybridized carbons (Fsp3) is 0. The van der Waals surface area contributed by atoms with Crippen molar-refractivity contribution in [2.24, 2.45) is 5.16 Å². The van der Waals surface area contributed by atoms with Crippen LogP contribution in [0.2, 0.25) is 5.02 Å². The van der Waals surface area contributed by atoms with Crippen LogP contribution in [0.25, 0.3) is 0 Å². The predicted octanol–water partition coefficient (Wildman–Crippen LogP) is 1.85. The molecule has 1 aromatic carbocycles. The van der Waals surface area contributed by atoms with E-state index in [4.69, 9.17) is 21.9 Å². The molecule has 0 unspecified atom stereocenters. The van der Waals surface area contributed by atoms with Gasteiger partial charge in [-0.1, -0.05) is 16.8 Å². The number of hydrogen-bond donors (Lipinski definition) is 2. The maximum Gasteiger partial charge on any atom is 0.124 e.